The third kappa shape index (κ3) is 3.91. The summed E-state index contributed by atoms with van der Waals surface area (Å²) in [4.78, 5) is 0. The van der Waals surface area contributed by atoms with E-state index in [4.69, 9.17) is 5.73 Å². The van der Waals surface area contributed by atoms with Gasteiger partial charge in [0.1, 0.15) is 0 Å². The van der Waals surface area contributed by atoms with Crippen molar-refractivity contribution in [1.29, 1.82) is 0 Å². The molecule has 0 spiro atoms. The summed E-state index contributed by atoms with van der Waals surface area (Å²) in [5, 5.41) is 5.56. The molecule has 0 aromatic carbocycles. The number of hydrogen-bond donors (Lipinski definition) is 2. The van der Waals surface area contributed by atoms with E-state index in [2.05, 4.69) is 10.2 Å². The minimum Gasteiger partial charge on any atom is -0.326 e. The van der Waals surface area contributed by atoms with Gasteiger partial charge in [0.2, 0.25) is 0 Å². The quantitative estimate of drug-likeness (QED) is 0.821. The van der Waals surface area contributed by atoms with Crippen molar-refractivity contribution < 1.29 is 13.2 Å². The van der Waals surface area contributed by atoms with E-state index in [1.807, 2.05) is 13.8 Å². The Hall–Kier alpha value is -1.04. The second-order valence-electron chi connectivity index (χ2n) is 4.26. The molecule has 0 saturated carbocycles. The number of aryl methyl sites for hydroxylation is 1. The summed E-state index contributed by atoms with van der Waals surface area (Å²) in [5.41, 5.74) is 4.91. The van der Waals surface area contributed by atoms with Crippen LogP contribution < -0.4 is 5.73 Å². The smallest absolute Gasteiger partial charge is 0.326 e. The first-order chi connectivity index (χ1) is 6.68. The first-order valence-electron chi connectivity index (χ1n) is 4.59. The van der Waals surface area contributed by atoms with Crippen molar-refractivity contribution in [1.82, 2.24) is 10.2 Å². The van der Waals surface area contributed by atoms with Gasteiger partial charge in [-0.2, -0.15) is 18.3 Å². The van der Waals surface area contributed by atoms with Crippen LogP contribution in [0.25, 0.3) is 0 Å². The van der Waals surface area contributed by atoms with Crippen LogP contribution in [0.3, 0.4) is 0 Å². The number of nitrogens with one attached hydrogen (secondary N) is 1. The normalized spacial score (nSPS) is 13.2. The Balaban J connectivity index is 2.62. The zero-order chi connectivity index (χ0) is 11.7. The molecule has 0 aliphatic rings. The van der Waals surface area contributed by atoms with Crippen LogP contribution in [0.5, 0.6) is 0 Å². The second kappa shape index (κ2) is 3.84. The molecule has 0 unspecified atom stereocenters. The van der Waals surface area contributed by atoms with Crippen molar-refractivity contribution in [2.75, 3.05) is 0 Å². The highest BCUT2D eigenvalue weighted by molar-refractivity contribution is 5.12. The molecular weight excluding hydrogens is 207 g/mol. The Labute approximate surface area is 85.9 Å². The molecule has 1 aromatic rings. The first-order valence-corrected chi connectivity index (χ1v) is 4.59. The van der Waals surface area contributed by atoms with Crippen LogP contribution in [-0.2, 0) is 12.6 Å². The highest BCUT2D eigenvalue weighted by atomic mass is 19.4. The minimum atomic E-state index is -4.38. The summed E-state index contributed by atoms with van der Waals surface area (Å²) >= 11 is 0. The number of halogens is 3. The molecule has 0 amide bonds. The monoisotopic (exact) mass is 221 g/mol. The van der Waals surface area contributed by atoms with Gasteiger partial charge in [-0.25, -0.2) is 0 Å². The van der Waals surface area contributed by atoms with E-state index < -0.39 is 11.9 Å². The van der Waals surface area contributed by atoms with Crippen LogP contribution in [0, 0.1) is 0 Å². The van der Waals surface area contributed by atoms with Crippen molar-refractivity contribution in [2.24, 2.45) is 5.73 Å². The van der Waals surface area contributed by atoms with Crippen molar-refractivity contribution in [3.8, 4) is 0 Å². The van der Waals surface area contributed by atoms with Gasteiger partial charge in [0, 0.05) is 11.2 Å². The maximum atomic E-state index is 12.2. The summed E-state index contributed by atoms with van der Waals surface area (Å²) in [6, 6.07) is 1.02. The lowest BCUT2D eigenvalue weighted by Gasteiger charge is -2.16. The number of nitrogens with zero attached hydrogens (tertiary/aromatic N) is 1. The minimum absolute atomic E-state index is 0.385. The van der Waals surface area contributed by atoms with Gasteiger partial charge >= 0.3 is 6.18 Å². The molecule has 0 saturated heterocycles. The van der Waals surface area contributed by atoms with Crippen molar-refractivity contribution in [3.05, 3.63) is 17.5 Å². The van der Waals surface area contributed by atoms with Crippen LogP contribution >= 0.6 is 0 Å². The third-order valence-electron chi connectivity index (χ3n) is 1.96. The maximum Gasteiger partial charge on any atom is 0.435 e. The van der Waals surface area contributed by atoms with Crippen LogP contribution in [0.15, 0.2) is 6.07 Å². The molecule has 15 heavy (non-hydrogen) atoms. The summed E-state index contributed by atoms with van der Waals surface area (Å²) in [7, 11) is 0. The zero-order valence-electron chi connectivity index (χ0n) is 8.65. The van der Waals surface area contributed by atoms with Crippen LogP contribution in [0.4, 0.5) is 13.2 Å². The molecule has 1 aromatic heterocycles. The summed E-state index contributed by atoms with van der Waals surface area (Å²) < 4.78 is 36.5. The summed E-state index contributed by atoms with van der Waals surface area (Å²) in [5.74, 6) is 0. The van der Waals surface area contributed by atoms with Gasteiger partial charge in [0.25, 0.3) is 0 Å². The standard InChI is InChI=1S/C9H14F3N3/c1-8(2,13)4-3-6-5-7(15-14-6)9(10,11)12/h5H,3-4,13H2,1-2H3,(H,14,15). The lowest BCUT2D eigenvalue weighted by Crippen LogP contribution is -2.32. The highest BCUT2D eigenvalue weighted by Crippen LogP contribution is 2.28. The zero-order valence-corrected chi connectivity index (χ0v) is 8.65. The van der Waals surface area contributed by atoms with Gasteiger partial charge in [-0.1, -0.05) is 0 Å². The van der Waals surface area contributed by atoms with Gasteiger partial charge in [0.15, 0.2) is 5.69 Å². The number of aromatic amines is 1. The lowest BCUT2D eigenvalue weighted by molar-refractivity contribution is -0.141. The second-order valence-corrected chi connectivity index (χ2v) is 4.26. The maximum absolute atomic E-state index is 12.2. The Morgan fingerprint density at radius 2 is 2.00 bits per heavy atom. The Morgan fingerprint density at radius 3 is 2.40 bits per heavy atom. The number of alkyl halides is 3. The lowest BCUT2D eigenvalue weighted by atomic mass is 9.99. The number of H-pyrrole nitrogens is 1. The Bertz CT molecular complexity index is 322. The predicted molar refractivity (Wildman–Crippen MR) is 50.2 cm³/mol. The molecule has 0 atom stereocenters. The van der Waals surface area contributed by atoms with Crippen molar-refractivity contribution >= 4 is 0 Å². The molecule has 3 nitrogen and oxygen atoms in total. The molecular formula is C9H14F3N3. The van der Waals surface area contributed by atoms with Gasteiger partial charge in [-0.05, 0) is 32.8 Å². The van der Waals surface area contributed by atoms with E-state index in [0.29, 0.717) is 18.5 Å². The highest BCUT2D eigenvalue weighted by Gasteiger charge is 2.33. The molecule has 0 radical (unpaired) electrons. The fourth-order valence-corrected chi connectivity index (χ4v) is 1.09. The average molecular weight is 221 g/mol. The van der Waals surface area contributed by atoms with Crippen LogP contribution in [0.2, 0.25) is 0 Å². The Morgan fingerprint density at radius 1 is 1.40 bits per heavy atom. The molecule has 0 fully saturated rings. The molecule has 0 aliphatic carbocycles. The molecule has 1 rings (SSSR count). The SMILES string of the molecule is CC(C)(N)CCc1cc(C(F)(F)F)n[nH]1. The molecule has 86 valence electrons. The van der Waals surface area contributed by atoms with Gasteiger partial charge in [0.05, 0.1) is 0 Å². The van der Waals surface area contributed by atoms with Crippen LogP contribution in [-0.4, -0.2) is 15.7 Å². The van der Waals surface area contributed by atoms with E-state index in [-0.39, 0.29) is 5.54 Å². The van der Waals surface area contributed by atoms with E-state index >= 15 is 0 Å². The molecule has 0 bridgehead atoms. The summed E-state index contributed by atoms with van der Waals surface area (Å²) in [6.07, 6.45) is -3.31. The molecule has 3 N–H and O–H groups in total. The topological polar surface area (TPSA) is 54.7 Å². The molecule has 6 heteroatoms. The van der Waals surface area contributed by atoms with Crippen molar-refractivity contribution in [3.63, 3.8) is 0 Å². The summed E-state index contributed by atoms with van der Waals surface area (Å²) in [6.45, 7) is 3.65. The fourth-order valence-electron chi connectivity index (χ4n) is 1.09. The van der Waals surface area contributed by atoms with Gasteiger partial charge in [-0.3, -0.25) is 5.10 Å². The van der Waals surface area contributed by atoms with E-state index in [1.54, 1.807) is 0 Å². The first kappa shape index (κ1) is 12.0. The van der Waals surface area contributed by atoms with Crippen LogP contribution in [0.1, 0.15) is 31.7 Å². The number of nitrogens with two attached hydrogens (primary N) is 1. The van der Waals surface area contributed by atoms with E-state index in [1.165, 1.54) is 0 Å². The van der Waals surface area contributed by atoms with E-state index in [9.17, 15) is 13.2 Å². The van der Waals surface area contributed by atoms with Gasteiger partial charge in [-0.15, -0.1) is 0 Å². The number of hydrogen-bond acceptors (Lipinski definition) is 2. The van der Waals surface area contributed by atoms with E-state index in [0.717, 1.165) is 6.07 Å². The molecule has 1 heterocycles. The predicted octanol–water partition coefficient (Wildman–Crippen LogP) is 2.10. The van der Waals surface area contributed by atoms with Crippen molar-refractivity contribution in [2.45, 2.75) is 38.4 Å². The molecule has 0 aliphatic heterocycles. The number of rotatable bonds is 3. The van der Waals surface area contributed by atoms with Gasteiger partial charge < -0.3 is 5.73 Å². The Kier molecular flexibility index (Phi) is 3.08. The fraction of sp³-hybridized carbons (Fsp3) is 0.667. The average Bonchev–Trinajstić information content (AvgIpc) is 2.45. The number of aromatic nitrogens is 2. The largest absolute Gasteiger partial charge is 0.435 e. The third-order valence-corrected chi connectivity index (χ3v) is 1.96.